The molecule has 1 nitrogen and oxygen atoms in total. The van der Waals surface area contributed by atoms with Gasteiger partial charge >= 0.3 is 0 Å². The Morgan fingerprint density at radius 2 is 1.95 bits per heavy atom. The first-order chi connectivity index (χ1) is 10.2. The standard InChI is InChI=1S/C18H19BrFN/c19-18-7-2-1-6-17(18)14(12-21-16-8-9-16)10-13-4-3-5-15(20)11-13/h1-7,11,14,16,21H,8-10,12H2. The van der Waals surface area contributed by atoms with Crippen molar-refractivity contribution in [2.45, 2.75) is 31.2 Å². The fourth-order valence-electron chi connectivity index (χ4n) is 2.64. The van der Waals surface area contributed by atoms with E-state index < -0.39 is 0 Å². The molecule has 1 fully saturated rings. The van der Waals surface area contributed by atoms with Gasteiger partial charge in [0.15, 0.2) is 0 Å². The summed E-state index contributed by atoms with van der Waals surface area (Å²) in [5, 5.41) is 3.60. The summed E-state index contributed by atoms with van der Waals surface area (Å²) < 4.78 is 14.5. The van der Waals surface area contributed by atoms with Crippen LogP contribution in [-0.4, -0.2) is 12.6 Å². The lowest BCUT2D eigenvalue weighted by Gasteiger charge is -2.20. The van der Waals surface area contributed by atoms with Crippen molar-refractivity contribution in [2.75, 3.05) is 6.54 Å². The lowest BCUT2D eigenvalue weighted by Crippen LogP contribution is -2.25. The first-order valence-electron chi connectivity index (χ1n) is 7.44. The summed E-state index contributed by atoms with van der Waals surface area (Å²) in [6, 6.07) is 15.9. The fraction of sp³-hybridized carbons (Fsp3) is 0.333. The third kappa shape index (κ3) is 4.14. The Hall–Kier alpha value is -1.19. The minimum absolute atomic E-state index is 0.159. The molecular formula is C18H19BrFN. The lowest BCUT2D eigenvalue weighted by molar-refractivity contribution is 0.572. The average molecular weight is 348 g/mol. The summed E-state index contributed by atoms with van der Waals surface area (Å²) in [4.78, 5) is 0. The van der Waals surface area contributed by atoms with Crippen LogP contribution in [0.25, 0.3) is 0 Å². The Balaban J connectivity index is 1.79. The minimum atomic E-state index is -0.159. The molecule has 1 N–H and O–H groups in total. The first-order valence-corrected chi connectivity index (χ1v) is 8.24. The molecular weight excluding hydrogens is 329 g/mol. The number of hydrogen-bond donors (Lipinski definition) is 1. The van der Waals surface area contributed by atoms with E-state index in [0.717, 1.165) is 23.0 Å². The Labute approximate surface area is 133 Å². The van der Waals surface area contributed by atoms with E-state index >= 15 is 0 Å². The third-order valence-electron chi connectivity index (χ3n) is 3.95. The Morgan fingerprint density at radius 1 is 1.14 bits per heavy atom. The molecule has 1 aliphatic carbocycles. The molecule has 2 aromatic rings. The van der Waals surface area contributed by atoms with Crippen LogP contribution < -0.4 is 5.32 Å². The van der Waals surface area contributed by atoms with Gasteiger partial charge in [0.1, 0.15) is 5.82 Å². The summed E-state index contributed by atoms with van der Waals surface area (Å²) >= 11 is 3.65. The Morgan fingerprint density at radius 3 is 2.67 bits per heavy atom. The van der Waals surface area contributed by atoms with Crippen LogP contribution in [0.5, 0.6) is 0 Å². The van der Waals surface area contributed by atoms with Crippen molar-refractivity contribution in [3.05, 3.63) is 69.9 Å². The zero-order chi connectivity index (χ0) is 14.7. The molecule has 3 rings (SSSR count). The van der Waals surface area contributed by atoms with Crippen LogP contribution in [0.3, 0.4) is 0 Å². The normalized spacial score (nSPS) is 15.9. The van der Waals surface area contributed by atoms with E-state index in [0.29, 0.717) is 12.0 Å². The summed E-state index contributed by atoms with van der Waals surface area (Å²) in [7, 11) is 0. The van der Waals surface area contributed by atoms with E-state index in [-0.39, 0.29) is 5.82 Å². The zero-order valence-corrected chi connectivity index (χ0v) is 13.4. The molecule has 0 saturated heterocycles. The molecule has 3 heteroatoms. The predicted molar refractivity (Wildman–Crippen MR) is 88.0 cm³/mol. The monoisotopic (exact) mass is 347 g/mol. The molecule has 1 unspecified atom stereocenters. The van der Waals surface area contributed by atoms with E-state index in [1.807, 2.05) is 12.1 Å². The molecule has 0 spiro atoms. The first kappa shape index (κ1) is 14.7. The second-order valence-electron chi connectivity index (χ2n) is 5.74. The zero-order valence-electron chi connectivity index (χ0n) is 11.9. The van der Waals surface area contributed by atoms with Gasteiger partial charge in [-0.1, -0.05) is 46.3 Å². The predicted octanol–water partition coefficient (Wildman–Crippen LogP) is 4.67. The molecule has 2 aromatic carbocycles. The number of nitrogens with one attached hydrogen (secondary N) is 1. The second kappa shape index (κ2) is 6.71. The molecule has 110 valence electrons. The molecule has 1 atom stereocenters. The summed E-state index contributed by atoms with van der Waals surface area (Å²) in [6.45, 7) is 0.934. The highest BCUT2D eigenvalue weighted by Crippen LogP contribution is 2.29. The van der Waals surface area contributed by atoms with Gasteiger partial charge in [-0.25, -0.2) is 4.39 Å². The molecule has 0 bridgehead atoms. The van der Waals surface area contributed by atoms with Crippen LogP contribution in [0.15, 0.2) is 53.0 Å². The van der Waals surface area contributed by atoms with Gasteiger partial charge in [-0.3, -0.25) is 0 Å². The number of benzene rings is 2. The molecule has 0 radical (unpaired) electrons. The minimum Gasteiger partial charge on any atom is -0.313 e. The van der Waals surface area contributed by atoms with Crippen molar-refractivity contribution < 1.29 is 4.39 Å². The second-order valence-corrected chi connectivity index (χ2v) is 6.59. The summed E-state index contributed by atoms with van der Waals surface area (Å²) in [6.07, 6.45) is 3.41. The van der Waals surface area contributed by atoms with Crippen LogP contribution in [0.2, 0.25) is 0 Å². The third-order valence-corrected chi connectivity index (χ3v) is 4.67. The highest BCUT2D eigenvalue weighted by molar-refractivity contribution is 9.10. The van der Waals surface area contributed by atoms with E-state index in [9.17, 15) is 4.39 Å². The quantitative estimate of drug-likeness (QED) is 0.800. The molecule has 0 aliphatic heterocycles. The molecule has 21 heavy (non-hydrogen) atoms. The van der Waals surface area contributed by atoms with Crippen molar-refractivity contribution in [1.29, 1.82) is 0 Å². The van der Waals surface area contributed by atoms with Gasteiger partial charge in [0.2, 0.25) is 0 Å². The Bertz CT molecular complexity index is 610. The van der Waals surface area contributed by atoms with Gasteiger partial charge in [0.25, 0.3) is 0 Å². The maximum absolute atomic E-state index is 13.4. The average Bonchev–Trinajstić information content (AvgIpc) is 3.28. The topological polar surface area (TPSA) is 12.0 Å². The highest BCUT2D eigenvalue weighted by atomic mass is 79.9. The van der Waals surface area contributed by atoms with Gasteiger partial charge < -0.3 is 5.32 Å². The molecule has 1 aliphatic rings. The SMILES string of the molecule is Fc1cccc(CC(CNC2CC2)c2ccccc2Br)c1. The van der Waals surface area contributed by atoms with Crippen molar-refractivity contribution in [3.63, 3.8) is 0 Å². The number of halogens is 2. The Kier molecular flexibility index (Phi) is 4.71. The van der Waals surface area contributed by atoms with E-state index in [1.165, 1.54) is 24.5 Å². The van der Waals surface area contributed by atoms with Crippen molar-refractivity contribution >= 4 is 15.9 Å². The smallest absolute Gasteiger partial charge is 0.123 e. The van der Waals surface area contributed by atoms with Crippen LogP contribution in [0, 0.1) is 5.82 Å². The lowest BCUT2D eigenvalue weighted by atomic mass is 9.92. The maximum atomic E-state index is 13.4. The van der Waals surface area contributed by atoms with Gasteiger partial charge in [-0.15, -0.1) is 0 Å². The molecule has 0 amide bonds. The van der Waals surface area contributed by atoms with Gasteiger partial charge in [-0.2, -0.15) is 0 Å². The fourth-order valence-corrected chi connectivity index (χ4v) is 3.25. The highest BCUT2D eigenvalue weighted by Gasteiger charge is 2.23. The molecule has 0 heterocycles. The van der Waals surface area contributed by atoms with Gasteiger partial charge in [0.05, 0.1) is 0 Å². The van der Waals surface area contributed by atoms with Gasteiger partial charge in [0, 0.05) is 23.0 Å². The molecule has 0 aromatic heterocycles. The van der Waals surface area contributed by atoms with Crippen molar-refractivity contribution in [2.24, 2.45) is 0 Å². The molecule has 1 saturated carbocycles. The van der Waals surface area contributed by atoms with Crippen LogP contribution in [0.4, 0.5) is 4.39 Å². The maximum Gasteiger partial charge on any atom is 0.123 e. The number of rotatable bonds is 6. The van der Waals surface area contributed by atoms with Crippen LogP contribution >= 0.6 is 15.9 Å². The van der Waals surface area contributed by atoms with E-state index in [2.05, 4.69) is 39.4 Å². The van der Waals surface area contributed by atoms with Crippen LogP contribution in [0.1, 0.15) is 29.9 Å². The largest absolute Gasteiger partial charge is 0.313 e. The van der Waals surface area contributed by atoms with Gasteiger partial charge in [-0.05, 0) is 48.6 Å². The summed E-state index contributed by atoms with van der Waals surface area (Å²) in [5.74, 6) is 0.191. The van der Waals surface area contributed by atoms with E-state index in [4.69, 9.17) is 0 Å². The van der Waals surface area contributed by atoms with E-state index in [1.54, 1.807) is 12.1 Å². The van der Waals surface area contributed by atoms with Crippen LogP contribution in [-0.2, 0) is 6.42 Å². The van der Waals surface area contributed by atoms with Crippen molar-refractivity contribution in [3.8, 4) is 0 Å². The van der Waals surface area contributed by atoms with Crippen molar-refractivity contribution in [1.82, 2.24) is 5.32 Å². The summed E-state index contributed by atoms with van der Waals surface area (Å²) in [5.41, 5.74) is 2.34. The number of hydrogen-bond acceptors (Lipinski definition) is 1.